The average molecular weight is 286 g/mol. The van der Waals surface area contributed by atoms with Gasteiger partial charge in [-0.1, -0.05) is 12.1 Å². The standard InChI is InChI=1S/C16H22N4O/c1-11-9-12(2)20(19-11)15-7-5-14(6-8-15)13(3)18-16(21)10-17-4/h5-9,13,17H,10H2,1-4H3,(H,18,21). The number of nitrogens with zero attached hydrogens (tertiary/aromatic N) is 2. The first-order valence-corrected chi connectivity index (χ1v) is 7.09. The van der Waals surface area contributed by atoms with E-state index in [1.165, 1.54) is 0 Å². The third-order valence-corrected chi connectivity index (χ3v) is 3.36. The zero-order valence-electron chi connectivity index (χ0n) is 13.0. The normalized spacial score (nSPS) is 12.2. The number of aromatic nitrogens is 2. The molecule has 1 heterocycles. The summed E-state index contributed by atoms with van der Waals surface area (Å²) >= 11 is 0. The first kappa shape index (κ1) is 15.3. The second-order valence-electron chi connectivity index (χ2n) is 5.25. The summed E-state index contributed by atoms with van der Waals surface area (Å²) in [6.07, 6.45) is 0. The second kappa shape index (κ2) is 6.54. The second-order valence-corrected chi connectivity index (χ2v) is 5.25. The van der Waals surface area contributed by atoms with Crippen LogP contribution in [0.3, 0.4) is 0 Å². The molecule has 5 nitrogen and oxygen atoms in total. The highest BCUT2D eigenvalue weighted by Gasteiger charge is 2.09. The molecule has 1 amide bonds. The van der Waals surface area contributed by atoms with Crippen LogP contribution in [-0.4, -0.2) is 29.3 Å². The van der Waals surface area contributed by atoms with Crippen molar-refractivity contribution < 1.29 is 4.79 Å². The van der Waals surface area contributed by atoms with Gasteiger partial charge in [-0.05, 0) is 51.6 Å². The van der Waals surface area contributed by atoms with Crippen LogP contribution in [0.2, 0.25) is 0 Å². The lowest BCUT2D eigenvalue weighted by Crippen LogP contribution is -2.33. The first-order chi connectivity index (χ1) is 10.0. The molecule has 1 atom stereocenters. The van der Waals surface area contributed by atoms with Crippen molar-refractivity contribution in [3.63, 3.8) is 0 Å². The predicted octanol–water partition coefficient (Wildman–Crippen LogP) is 1.89. The molecule has 0 aliphatic rings. The van der Waals surface area contributed by atoms with Gasteiger partial charge in [0.15, 0.2) is 0 Å². The van der Waals surface area contributed by atoms with Crippen LogP contribution in [0.1, 0.15) is 29.9 Å². The number of nitrogens with one attached hydrogen (secondary N) is 2. The van der Waals surface area contributed by atoms with Gasteiger partial charge >= 0.3 is 0 Å². The first-order valence-electron chi connectivity index (χ1n) is 7.09. The molecule has 1 aromatic carbocycles. The molecule has 1 aromatic heterocycles. The highest BCUT2D eigenvalue weighted by Crippen LogP contribution is 2.17. The Kier molecular flexibility index (Phi) is 4.75. The van der Waals surface area contributed by atoms with Crippen molar-refractivity contribution in [2.24, 2.45) is 0 Å². The molecule has 0 aliphatic heterocycles. The van der Waals surface area contributed by atoms with Crippen LogP contribution >= 0.6 is 0 Å². The van der Waals surface area contributed by atoms with Crippen molar-refractivity contribution in [1.29, 1.82) is 0 Å². The van der Waals surface area contributed by atoms with Gasteiger partial charge in [0.2, 0.25) is 5.91 Å². The lowest BCUT2D eigenvalue weighted by Gasteiger charge is -2.15. The van der Waals surface area contributed by atoms with Crippen molar-refractivity contribution in [2.75, 3.05) is 13.6 Å². The van der Waals surface area contributed by atoms with Gasteiger partial charge in [-0.15, -0.1) is 0 Å². The Morgan fingerprint density at radius 1 is 1.29 bits per heavy atom. The molecule has 112 valence electrons. The molecule has 0 fully saturated rings. The van der Waals surface area contributed by atoms with E-state index in [9.17, 15) is 4.79 Å². The van der Waals surface area contributed by atoms with E-state index in [1.54, 1.807) is 7.05 Å². The Balaban J connectivity index is 2.11. The van der Waals surface area contributed by atoms with Crippen LogP contribution in [0.15, 0.2) is 30.3 Å². The number of hydrogen-bond donors (Lipinski definition) is 2. The molecule has 0 spiro atoms. The van der Waals surface area contributed by atoms with Crippen molar-refractivity contribution in [3.8, 4) is 5.69 Å². The van der Waals surface area contributed by atoms with E-state index in [2.05, 4.69) is 21.8 Å². The molecular weight excluding hydrogens is 264 g/mol. The molecule has 2 aromatic rings. The quantitative estimate of drug-likeness (QED) is 0.882. The van der Waals surface area contributed by atoms with Gasteiger partial charge in [0.05, 0.1) is 24.0 Å². The number of carbonyl (C=O) groups excluding carboxylic acids is 1. The number of amides is 1. The number of benzene rings is 1. The minimum Gasteiger partial charge on any atom is -0.348 e. The fourth-order valence-electron chi connectivity index (χ4n) is 2.33. The number of carbonyl (C=O) groups is 1. The summed E-state index contributed by atoms with van der Waals surface area (Å²) in [7, 11) is 1.76. The van der Waals surface area contributed by atoms with Crippen molar-refractivity contribution in [3.05, 3.63) is 47.3 Å². The largest absolute Gasteiger partial charge is 0.348 e. The molecule has 1 unspecified atom stereocenters. The fraction of sp³-hybridized carbons (Fsp3) is 0.375. The molecule has 0 radical (unpaired) electrons. The van der Waals surface area contributed by atoms with Crippen LogP contribution in [-0.2, 0) is 4.79 Å². The molecular formula is C16H22N4O. The molecule has 5 heteroatoms. The highest BCUT2D eigenvalue weighted by molar-refractivity contribution is 5.78. The summed E-state index contributed by atoms with van der Waals surface area (Å²) in [5.41, 5.74) is 4.21. The summed E-state index contributed by atoms with van der Waals surface area (Å²) in [5, 5.41) is 10.3. The van der Waals surface area contributed by atoms with E-state index in [-0.39, 0.29) is 11.9 Å². The monoisotopic (exact) mass is 286 g/mol. The van der Waals surface area contributed by atoms with Crippen molar-refractivity contribution in [2.45, 2.75) is 26.8 Å². The van der Waals surface area contributed by atoms with Crippen LogP contribution in [0.25, 0.3) is 5.69 Å². The van der Waals surface area contributed by atoms with Gasteiger partial charge in [0, 0.05) is 5.69 Å². The Bertz CT molecular complexity index is 616. The number of aryl methyl sites for hydroxylation is 2. The van der Waals surface area contributed by atoms with Crippen LogP contribution in [0.5, 0.6) is 0 Å². The van der Waals surface area contributed by atoms with E-state index in [0.717, 1.165) is 22.6 Å². The SMILES string of the molecule is CNCC(=O)NC(C)c1ccc(-n2nc(C)cc2C)cc1. The molecule has 0 saturated carbocycles. The van der Waals surface area contributed by atoms with Crippen LogP contribution in [0.4, 0.5) is 0 Å². The summed E-state index contributed by atoms with van der Waals surface area (Å²) in [5.74, 6) is -0.00683. The lowest BCUT2D eigenvalue weighted by atomic mass is 10.1. The third kappa shape index (κ3) is 3.70. The topological polar surface area (TPSA) is 59.0 Å². The van der Waals surface area contributed by atoms with Crippen LogP contribution in [0, 0.1) is 13.8 Å². The lowest BCUT2D eigenvalue weighted by molar-refractivity contribution is -0.120. The molecule has 2 rings (SSSR count). The minimum absolute atomic E-state index is 0.00683. The Hall–Kier alpha value is -2.14. The minimum atomic E-state index is -0.0136. The molecule has 0 saturated heterocycles. The summed E-state index contributed by atoms with van der Waals surface area (Å²) < 4.78 is 1.92. The van der Waals surface area contributed by atoms with E-state index < -0.39 is 0 Å². The third-order valence-electron chi connectivity index (χ3n) is 3.36. The van der Waals surface area contributed by atoms with Gasteiger partial charge in [0.1, 0.15) is 0 Å². The Morgan fingerprint density at radius 3 is 2.48 bits per heavy atom. The van der Waals surface area contributed by atoms with Crippen LogP contribution < -0.4 is 10.6 Å². The summed E-state index contributed by atoms with van der Waals surface area (Å²) in [6.45, 7) is 6.33. The van der Waals surface area contributed by atoms with Crippen molar-refractivity contribution in [1.82, 2.24) is 20.4 Å². The summed E-state index contributed by atoms with van der Waals surface area (Å²) in [6, 6.07) is 10.1. The zero-order chi connectivity index (χ0) is 15.4. The molecule has 0 bridgehead atoms. The van der Waals surface area contributed by atoms with Gasteiger partial charge in [-0.25, -0.2) is 4.68 Å². The fourth-order valence-corrected chi connectivity index (χ4v) is 2.33. The van der Waals surface area contributed by atoms with Gasteiger partial charge < -0.3 is 10.6 Å². The maximum Gasteiger partial charge on any atom is 0.234 e. The van der Waals surface area contributed by atoms with E-state index in [4.69, 9.17) is 0 Å². The number of likely N-dealkylation sites (N-methyl/N-ethyl adjacent to an activating group) is 1. The molecule has 2 N–H and O–H groups in total. The number of rotatable bonds is 5. The van der Waals surface area contributed by atoms with E-state index >= 15 is 0 Å². The maximum absolute atomic E-state index is 11.6. The molecule has 0 aliphatic carbocycles. The van der Waals surface area contributed by atoms with Gasteiger partial charge in [0.25, 0.3) is 0 Å². The number of hydrogen-bond acceptors (Lipinski definition) is 3. The van der Waals surface area contributed by atoms with Crippen molar-refractivity contribution >= 4 is 5.91 Å². The zero-order valence-corrected chi connectivity index (χ0v) is 13.0. The summed E-state index contributed by atoms with van der Waals surface area (Å²) in [4.78, 5) is 11.6. The highest BCUT2D eigenvalue weighted by atomic mass is 16.1. The predicted molar refractivity (Wildman–Crippen MR) is 83.5 cm³/mol. The molecule has 21 heavy (non-hydrogen) atoms. The Morgan fingerprint density at radius 2 is 1.95 bits per heavy atom. The van der Waals surface area contributed by atoms with Gasteiger partial charge in [-0.3, -0.25) is 4.79 Å². The van der Waals surface area contributed by atoms with E-state index in [0.29, 0.717) is 6.54 Å². The maximum atomic E-state index is 11.6. The Labute approximate surface area is 125 Å². The van der Waals surface area contributed by atoms with Gasteiger partial charge in [-0.2, -0.15) is 5.10 Å². The smallest absolute Gasteiger partial charge is 0.234 e. The average Bonchev–Trinajstić information content (AvgIpc) is 2.78. The van der Waals surface area contributed by atoms with E-state index in [1.807, 2.05) is 49.7 Å².